The van der Waals surface area contributed by atoms with E-state index in [0.29, 0.717) is 10.6 Å². The molecule has 6 heteroatoms. The van der Waals surface area contributed by atoms with Crippen molar-refractivity contribution in [3.63, 3.8) is 0 Å². The maximum atomic E-state index is 12.5. The minimum atomic E-state index is -1.59. The van der Waals surface area contributed by atoms with Crippen LogP contribution >= 0.6 is 11.6 Å². The molecule has 4 nitrogen and oxygen atoms in total. The first kappa shape index (κ1) is 14.4. The van der Waals surface area contributed by atoms with Crippen LogP contribution in [0.25, 0.3) is 0 Å². The molecule has 0 saturated carbocycles. The fraction of sp³-hybridized carbons (Fsp3) is 0.462. The number of piperidine rings is 1. The molecular weight excluding hydrogens is 264 g/mol. The van der Waals surface area contributed by atoms with Crippen molar-refractivity contribution in [2.24, 2.45) is 0 Å². The van der Waals surface area contributed by atoms with E-state index < -0.39 is 7.12 Å². The van der Waals surface area contributed by atoms with Crippen molar-refractivity contribution >= 4 is 30.1 Å². The number of halogens is 1. The highest BCUT2D eigenvalue weighted by Crippen LogP contribution is 2.22. The second-order valence-corrected chi connectivity index (χ2v) is 5.36. The number of likely N-dealkylation sites (tertiary alicyclic amines) is 1. The summed E-state index contributed by atoms with van der Waals surface area (Å²) in [5, 5.41) is 18.7. The molecule has 0 radical (unpaired) electrons. The van der Waals surface area contributed by atoms with Crippen molar-refractivity contribution in [1.82, 2.24) is 4.90 Å². The summed E-state index contributed by atoms with van der Waals surface area (Å²) in [6.07, 6.45) is 3.12. The lowest BCUT2D eigenvalue weighted by Gasteiger charge is -2.33. The van der Waals surface area contributed by atoms with Crippen molar-refractivity contribution in [1.29, 1.82) is 0 Å². The van der Waals surface area contributed by atoms with Gasteiger partial charge in [0.05, 0.1) is 10.6 Å². The third-order valence-electron chi connectivity index (χ3n) is 3.58. The van der Waals surface area contributed by atoms with Crippen LogP contribution in [0.4, 0.5) is 0 Å². The lowest BCUT2D eigenvalue weighted by Crippen LogP contribution is -2.42. The van der Waals surface area contributed by atoms with E-state index in [9.17, 15) is 14.8 Å². The molecule has 1 heterocycles. The maximum absolute atomic E-state index is 12.5. The molecule has 2 N–H and O–H groups in total. The summed E-state index contributed by atoms with van der Waals surface area (Å²) >= 11 is 6.05. The van der Waals surface area contributed by atoms with Crippen LogP contribution in [0.5, 0.6) is 0 Å². The average molecular weight is 282 g/mol. The van der Waals surface area contributed by atoms with Crippen molar-refractivity contribution < 1.29 is 14.8 Å². The third kappa shape index (κ3) is 3.11. The van der Waals surface area contributed by atoms with Gasteiger partial charge in [0, 0.05) is 12.6 Å². The molecular formula is C13H17BClNO3. The Labute approximate surface area is 118 Å². The van der Waals surface area contributed by atoms with Gasteiger partial charge in [-0.2, -0.15) is 0 Å². The first-order chi connectivity index (χ1) is 9.00. The Balaban J connectivity index is 2.29. The van der Waals surface area contributed by atoms with E-state index in [0.717, 1.165) is 25.8 Å². The van der Waals surface area contributed by atoms with E-state index in [2.05, 4.69) is 0 Å². The summed E-state index contributed by atoms with van der Waals surface area (Å²) in [6.45, 7) is 2.75. The quantitative estimate of drug-likeness (QED) is 0.796. The highest BCUT2D eigenvalue weighted by Gasteiger charge is 2.26. The number of hydrogen-bond acceptors (Lipinski definition) is 3. The molecule has 0 spiro atoms. The first-order valence-electron chi connectivity index (χ1n) is 6.47. The summed E-state index contributed by atoms with van der Waals surface area (Å²) in [6, 6.07) is 4.68. The molecule has 0 unspecified atom stereocenters. The Morgan fingerprint density at radius 1 is 1.42 bits per heavy atom. The van der Waals surface area contributed by atoms with E-state index in [1.54, 1.807) is 4.90 Å². The van der Waals surface area contributed by atoms with E-state index >= 15 is 0 Å². The Hall–Kier alpha value is -1.04. The average Bonchev–Trinajstić information content (AvgIpc) is 2.38. The van der Waals surface area contributed by atoms with E-state index in [-0.39, 0.29) is 17.4 Å². The molecule has 1 aliphatic rings. The van der Waals surface area contributed by atoms with Gasteiger partial charge in [-0.25, -0.2) is 0 Å². The van der Waals surface area contributed by atoms with Crippen molar-refractivity contribution in [2.75, 3.05) is 6.54 Å². The third-order valence-corrected chi connectivity index (χ3v) is 3.91. The van der Waals surface area contributed by atoms with Gasteiger partial charge in [-0.05, 0) is 43.8 Å². The normalized spacial score (nSPS) is 19.4. The van der Waals surface area contributed by atoms with Gasteiger partial charge < -0.3 is 14.9 Å². The zero-order valence-electron chi connectivity index (χ0n) is 10.8. The van der Waals surface area contributed by atoms with Gasteiger partial charge in [-0.15, -0.1) is 0 Å². The molecule has 0 bridgehead atoms. The van der Waals surface area contributed by atoms with Crippen LogP contribution in [0.3, 0.4) is 0 Å². The van der Waals surface area contributed by atoms with Gasteiger partial charge in [0.1, 0.15) is 0 Å². The van der Waals surface area contributed by atoms with Crippen LogP contribution < -0.4 is 5.46 Å². The lowest BCUT2D eigenvalue weighted by atomic mass is 9.79. The fourth-order valence-electron chi connectivity index (χ4n) is 2.42. The molecule has 1 atom stereocenters. The molecule has 19 heavy (non-hydrogen) atoms. The predicted octanol–water partition coefficient (Wildman–Crippen LogP) is 1.03. The van der Waals surface area contributed by atoms with Crippen LogP contribution in [0, 0.1) is 0 Å². The Kier molecular flexibility index (Phi) is 4.50. The zero-order chi connectivity index (χ0) is 14.0. The van der Waals surface area contributed by atoms with Gasteiger partial charge in [-0.3, -0.25) is 4.79 Å². The summed E-state index contributed by atoms with van der Waals surface area (Å²) in [7, 11) is -1.59. The standard InChI is InChI=1S/C13H17BClNO3/c1-9-4-2-3-7-16(9)13(17)11-8-10(14(18)19)5-6-12(11)15/h5-6,8-9,18-19H,2-4,7H2,1H3/t9-/m1/s1. The Morgan fingerprint density at radius 2 is 2.16 bits per heavy atom. The lowest BCUT2D eigenvalue weighted by molar-refractivity contribution is 0.0636. The summed E-state index contributed by atoms with van der Waals surface area (Å²) < 4.78 is 0. The number of rotatable bonds is 2. The van der Waals surface area contributed by atoms with Gasteiger partial charge in [0.25, 0.3) is 5.91 Å². The first-order valence-corrected chi connectivity index (χ1v) is 6.85. The minimum Gasteiger partial charge on any atom is -0.423 e. The summed E-state index contributed by atoms with van der Waals surface area (Å²) in [5.74, 6) is -0.139. The number of nitrogens with zero attached hydrogens (tertiary/aromatic N) is 1. The number of carbonyl (C=O) groups is 1. The van der Waals surface area contributed by atoms with Crippen molar-refractivity contribution in [2.45, 2.75) is 32.2 Å². The SMILES string of the molecule is C[C@@H]1CCCCN1C(=O)c1cc(B(O)O)ccc1Cl. The summed E-state index contributed by atoms with van der Waals surface area (Å²) in [4.78, 5) is 14.3. The van der Waals surface area contributed by atoms with Crippen LogP contribution in [0.1, 0.15) is 36.5 Å². The second kappa shape index (κ2) is 5.95. The Morgan fingerprint density at radius 3 is 2.79 bits per heavy atom. The second-order valence-electron chi connectivity index (χ2n) is 4.96. The van der Waals surface area contributed by atoms with Gasteiger partial charge in [0.15, 0.2) is 0 Å². The van der Waals surface area contributed by atoms with Crippen molar-refractivity contribution in [3.8, 4) is 0 Å². The molecule has 1 fully saturated rings. The molecule has 0 aromatic heterocycles. The molecule has 1 saturated heterocycles. The van der Waals surface area contributed by atoms with Crippen LogP contribution in [0.2, 0.25) is 5.02 Å². The van der Waals surface area contributed by atoms with E-state index in [4.69, 9.17) is 11.6 Å². The molecule has 0 aliphatic carbocycles. The Bertz CT molecular complexity index is 481. The molecule has 1 aliphatic heterocycles. The number of amides is 1. The number of hydrogen-bond donors (Lipinski definition) is 2. The van der Waals surface area contributed by atoms with Crippen LogP contribution in [-0.4, -0.2) is 40.6 Å². The van der Waals surface area contributed by atoms with Gasteiger partial charge >= 0.3 is 7.12 Å². The number of benzene rings is 1. The van der Waals surface area contributed by atoms with Crippen molar-refractivity contribution in [3.05, 3.63) is 28.8 Å². The molecule has 2 rings (SSSR count). The number of carbonyl (C=O) groups excluding carboxylic acids is 1. The van der Waals surface area contributed by atoms with E-state index in [1.165, 1.54) is 18.2 Å². The van der Waals surface area contributed by atoms with E-state index in [1.807, 2.05) is 6.92 Å². The highest BCUT2D eigenvalue weighted by atomic mass is 35.5. The van der Waals surface area contributed by atoms with Crippen LogP contribution in [-0.2, 0) is 0 Å². The maximum Gasteiger partial charge on any atom is 0.488 e. The minimum absolute atomic E-state index is 0.139. The van der Waals surface area contributed by atoms with Gasteiger partial charge in [0.2, 0.25) is 0 Å². The topological polar surface area (TPSA) is 60.8 Å². The molecule has 102 valence electrons. The summed E-state index contributed by atoms with van der Waals surface area (Å²) in [5.41, 5.74) is 0.610. The van der Waals surface area contributed by atoms with Gasteiger partial charge in [-0.1, -0.05) is 17.7 Å². The zero-order valence-corrected chi connectivity index (χ0v) is 11.6. The smallest absolute Gasteiger partial charge is 0.423 e. The largest absolute Gasteiger partial charge is 0.488 e. The molecule has 1 amide bonds. The predicted molar refractivity (Wildman–Crippen MR) is 75.6 cm³/mol. The fourth-order valence-corrected chi connectivity index (χ4v) is 2.62. The molecule has 1 aromatic rings. The molecule has 1 aromatic carbocycles. The van der Waals surface area contributed by atoms with Crippen LogP contribution in [0.15, 0.2) is 18.2 Å². The monoisotopic (exact) mass is 281 g/mol. The highest BCUT2D eigenvalue weighted by molar-refractivity contribution is 6.58.